The van der Waals surface area contributed by atoms with Crippen LogP contribution in [-0.4, -0.2) is 78.1 Å². The summed E-state index contributed by atoms with van der Waals surface area (Å²) in [6.45, 7) is 13.5. The molecule has 5 rings (SSSR count). The Morgan fingerprint density at radius 1 is 1.14 bits per heavy atom. The lowest BCUT2D eigenvalue weighted by Gasteiger charge is -2.36. The molecule has 0 atom stereocenters. The molecular weight excluding hydrogens is 464 g/mol. The summed E-state index contributed by atoms with van der Waals surface area (Å²) in [5.41, 5.74) is 3.74. The second kappa shape index (κ2) is 10.2. The molecule has 4 heterocycles. The van der Waals surface area contributed by atoms with E-state index in [2.05, 4.69) is 38.9 Å². The predicted molar refractivity (Wildman–Crippen MR) is 139 cm³/mol. The van der Waals surface area contributed by atoms with Gasteiger partial charge in [0.05, 0.1) is 0 Å². The molecule has 1 spiro atoms. The van der Waals surface area contributed by atoms with Gasteiger partial charge in [0, 0.05) is 87.7 Å². The van der Waals surface area contributed by atoms with Crippen molar-refractivity contribution in [1.82, 2.24) is 19.6 Å². The molecule has 1 N–H and O–H groups in total. The molecule has 3 fully saturated rings. The third-order valence-corrected chi connectivity index (χ3v) is 7.78. The monoisotopic (exact) mass is 498 g/mol. The first-order chi connectivity index (χ1) is 16.9. The van der Waals surface area contributed by atoms with Crippen molar-refractivity contribution in [3.63, 3.8) is 0 Å². The fourth-order valence-corrected chi connectivity index (χ4v) is 5.68. The van der Waals surface area contributed by atoms with Crippen molar-refractivity contribution >= 4 is 29.1 Å². The van der Waals surface area contributed by atoms with Crippen LogP contribution in [0.25, 0.3) is 0 Å². The van der Waals surface area contributed by atoms with Crippen molar-refractivity contribution in [2.45, 2.75) is 32.7 Å². The Morgan fingerprint density at radius 2 is 1.91 bits per heavy atom. The minimum absolute atomic E-state index is 0.0922. The summed E-state index contributed by atoms with van der Waals surface area (Å²) in [7, 11) is 0. The van der Waals surface area contributed by atoms with Gasteiger partial charge in [0.1, 0.15) is 0 Å². The average molecular weight is 499 g/mol. The summed E-state index contributed by atoms with van der Waals surface area (Å²) in [5.74, 6) is 0.629. The maximum Gasteiger partial charge on any atom is 0.344 e. The van der Waals surface area contributed by atoms with Crippen LogP contribution in [0.4, 0.5) is 16.3 Å². The van der Waals surface area contributed by atoms with E-state index in [1.54, 1.807) is 12.3 Å². The van der Waals surface area contributed by atoms with E-state index in [0.29, 0.717) is 24.3 Å². The highest BCUT2D eigenvalue weighted by Crippen LogP contribution is 2.42. The van der Waals surface area contributed by atoms with E-state index in [1.807, 2.05) is 17.9 Å². The van der Waals surface area contributed by atoms with Crippen LogP contribution >= 0.6 is 11.6 Å². The van der Waals surface area contributed by atoms with Gasteiger partial charge in [0.25, 0.3) is 0 Å². The van der Waals surface area contributed by atoms with Gasteiger partial charge in [0.2, 0.25) is 0 Å². The number of aromatic nitrogens is 2. The molecule has 0 aliphatic carbocycles. The van der Waals surface area contributed by atoms with Gasteiger partial charge < -0.3 is 19.9 Å². The number of halogens is 1. The smallest absolute Gasteiger partial charge is 0.344 e. The Kier molecular flexibility index (Phi) is 7.05. The van der Waals surface area contributed by atoms with Gasteiger partial charge in [-0.15, -0.1) is 5.10 Å². The lowest BCUT2D eigenvalue weighted by molar-refractivity contribution is 0.0254. The van der Waals surface area contributed by atoms with Crippen LogP contribution in [0.1, 0.15) is 31.7 Å². The second-order valence-corrected chi connectivity index (χ2v) is 10.6. The lowest BCUT2D eigenvalue weighted by Crippen LogP contribution is -2.49. The molecule has 188 valence electrons. The average Bonchev–Trinajstić information content (AvgIpc) is 3.48. The summed E-state index contributed by atoms with van der Waals surface area (Å²) >= 11 is 6.43. The first-order valence-electron chi connectivity index (χ1n) is 12.5. The van der Waals surface area contributed by atoms with Crippen molar-refractivity contribution in [3.05, 3.63) is 53.3 Å². The molecule has 0 radical (unpaired) electrons. The highest BCUT2D eigenvalue weighted by Gasteiger charge is 2.40. The van der Waals surface area contributed by atoms with E-state index in [9.17, 15) is 4.79 Å². The van der Waals surface area contributed by atoms with Crippen LogP contribution in [0.2, 0.25) is 5.02 Å². The molecule has 9 heteroatoms. The molecule has 3 saturated heterocycles. The number of allylic oxidation sites excluding steroid dienone is 1. The summed E-state index contributed by atoms with van der Waals surface area (Å²) in [6.07, 6.45) is 5.22. The van der Waals surface area contributed by atoms with E-state index in [4.69, 9.17) is 16.3 Å². The number of anilines is 2. The maximum atomic E-state index is 12.9. The molecule has 0 unspecified atom stereocenters. The summed E-state index contributed by atoms with van der Waals surface area (Å²) < 4.78 is 7.02. The zero-order chi connectivity index (χ0) is 24.4. The molecule has 35 heavy (non-hydrogen) atoms. The molecule has 3 aliphatic rings. The molecule has 8 nitrogen and oxygen atoms in total. The number of hydrogen-bond acceptors (Lipinski definition) is 6. The molecule has 1 aromatic heterocycles. The number of rotatable bonds is 5. The summed E-state index contributed by atoms with van der Waals surface area (Å²) in [4.78, 5) is 19.7. The number of nitrogens with zero attached hydrogens (tertiary/aromatic N) is 5. The molecule has 1 aromatic carbocycles. The Labute approximate surface area is 212 Å². The SMILES string of the molecule is C=C(C)Nc1ccn(C(=O)N2CCN(Cc3ccc(Cl)cc3N3CCC4(CCOCC4)C3)CC2)n1. The van der Waals surface area contributed by atoms with E-state index in [0.717, 1.165) is 69.5 Å². The highest BCUT2D eigenvalue weighted by atomic mass is 35.5. The Hall–Kier alpha value is -2.55. The normalized spacial score (nSPS) is 20.4. The summed E-state index contributed by atoms with van der Waals surface area (Å²) in [5, 5.41) is 8.15. The van der Waals surface area contributed by atoms with Crippen molar-refractivity contribution in [3.8, 4) is 0 Å². The van der Waals surface area contributed by atoms with Gasteiger partial charge in [-0.25, -0.2) is 4.79 Å². The van der Waals surface area contributed by atoms with Crippen molar-refractivity contribution in [1.29, 1.82) is 0 Å². The van der Waals surface area contributed by atoms with Crippen LogP contribution in [0.15, 0.2) is 42.7 Å². The van der Waals surface area contributed by atoms with Crippen LogP contribution < -0.4 is 10.2 Å². The van der Waals surface area contributed by atoms with Gasteiger partial charge in [-0.1, -0.05) is 24.2 Å². The van der Waals surface area contributed by atoms with Gasteiger partial charge in [-0.3, -0.25) is 4.90 Å². The van der Waals surface area contributed by atoms with Crippen LogP contribution in [-0.2, 0) is 11.3 Å². The molecule has 0 bridgehead atoms. The molecule has 1 amide bonds. The minimum Gasteiger partial charge on any atom is -0.381 e. The number of hydrogen-bond donors (Lipinski definition) is 1. The van der Waals surface area contributed by atoms with Crippen molar-refractivity contribution < 1.29 is 9.53 Å². The Morgan fingerprint density at radius 3 is 2.66 bits per heavy atom. The van der Waals surface area contributed by atoms with E-state index >= 15 is 0 Å². The number of amides is 1. The zero-order valence-corrected chi connectivity index (χ0v) is 21.3. The largest absolute Gasteiger partial charge is 0.381 e. The maximum absolute atomic E-state index is 12.9. The molecule has 2 aromatic rings. The fourth-order valence-electron chi connectivity index (χ4n) is 5.52. The number of nitrogens with one attached hydrogen (secondary N) is 1. The van der Waals surface area contributed by atoms with Crippen LogP contribution in [0.3, 0.4) is 0 Å². The first kappa shape index (κ1) is 24.2. The Balaban J connectivity index is 1.20. The topological polar surface area (TPSA) is 65.9 Å². The molecule has 3 aliphatic heterocycles. The summed E-state index contributed by atoms with van der Waals surface area (Å²) in [6, 6.07) is 7.99. The predicted octanol–water partition coefficient (Wildman–Crippen LogP) is 4.27. The second-order valence-electron chi connectivity index (χ2n) is 10.2. The molecular formula is C26H35ClN6O2. The van der Waals surface area contributed by atoms with E-state index < -0.39 is 0 Å². The van der Waals surface area contributed by atoms with Gasteiger partial charge in [-0.05, 0) is 49.3 Å². The van der Waals surface area contributed by atoms with Crippen LogP contribution in [0.5, 0.6) is 0 Å². The third-order valence-electron chi connectivity index (χ3n) is 7.54. The number of benzene rings is 1. The van der Waals surface area contributed by atoms with Gasteiger partial charge in [0.15, 0.2) is 5.82 Å². The van der Waals surface area contributed by atoms with E-state index in [1.165, 1.54) is 22.4 Å². The fraction of sp³-hybridized carbons (Fsp3) is 0.538. The zero-order valence-electron chi connectivity index (χ0n) is 20.5. The van der Waals surface area contributed by atoms with E-state index in [-0.39, 0.29) is 6.03 Å². The third kappa shape index (κ3) is 5.50. The van der Waals surface area contributed by atoms with Gasteiger partial charge >= 0.3 is 6.03 Å². The number of carbonyl (C=O) groups excluding carboxylic acids is 1. The van der Waals surface area contributed by atoms with Crippen molar-refractivity contribution in [2.75, 3.05) is 62.7 Å². The van der Waals surface area contributed by atoms with Crippen LogP contribution in [0, 0.1) is 5.41 Å². The number of piperazine rings is 1. The standard InChI is InChI=1S/C26H35ClN6O2/c1-20(2)28-24-5-9-33(29-24)25(34)31-13-11-30(12-14-31)18-21-3-4-22(27)17-23(21)32-10-6-26(19-32)7-15-35-16-8-26/h3-5,9,17H,1,6-8,10-16,18-19H2,2H3,(H,28,29). The highest BCUT2D eigenvalue weighted by molar-refractivity contribution is 6.30. The number of carbonyl (C=O) groups is 1. The first-order valence-corrected chi connectivity index (χ1v) is 12.9. The lowest BCUT2D eigenvalue weighted by atomic mass is 9.80. The Bertz CT molecular complexity index is 1070. The minimum atomic E-state index is -0.0922. The molecule has 0 saturated carbocycles. The quantitative estimate of drug-likeness (QED) is 0.664. The van der Waals surface area contributed by atoms with Gasteiger partial charge in [-0.2, -0.15) is 4.68 Å². The number of ether oxygens (including phenoxy) is 1. The van der Waals surface area contributed by atoms with Crippen molar-refractivity contribution in [2.24, 2.45) is 5.41 Å².